The normalized spacial score (nSPS) is 18.0. The smallest absolute Gasteiger partial charge is 0.321 e. The van der Waals surface area contributed by atoms with Gasteiger partial charge in [-0.25, -0.2) is 4.98 Å². The number of nitrogens with zero attached hydrogens (tertiary/aromatic N) is 3. The zero-order chi connectivity index (χ0) is 22.7. The van der Waals surface area contributed by atoms with Gasteiger partial charge >= 0.3 is 5.97 Å². The molecule has 0 radical (unpaired) electrons. The Hall–Kier alpha value is -3.39. The van der Waals surface area contributed by atoms with Crippen LogP contribution in [-0.4, -0.2) is 54.9 Å². The summed E-state index contributed by atoms with van der Waals surface area (Å²) in [6, 6.07) is 14.5. The molecule has 0 saturated heterocycles. The molecule has 0 aliphatic carbocycles. The van der Waals surface area contributed by atoms with Crippen molar-refractivity contribution in [2.45, 2.75) is 19.9 Å². The summed E-state index contributed by atoms with van der Waals surface area (Å²) in [5.41, 5.74) is 2.29. The Labute approximate surface area is 186 Å². The second kappa shape index (κ2) is 9.40. The molecule has 1 amide bonds. The first-order valence-electron chi connectivity index (χ1n) is 10.8. The van der Waals surface area contributed by atoms with E-state index in [0.29, 0.717) is 24.9 Å². The fourth-order valence-corrected chi connectivity index (χ4v) is 4.23. The van der Waals surface area contributed by atoms with Gasteiger partial charge in [-0.15, -0.1) is 0 Å². The van der Waals surface area contributed by atoms with Gasteiger partial charge in [-0.1, -0.05) is 30.3 Å². The molecule has 2 aromatic carbocycles. The second-order valence-electron chi connectivity index (χ2n) is 7.40. The molecule has 2 atom stereocenters. The van der Waals surface area contributed by atoms with Crippen LogP contribution in [0.2, 0.25) is 0 Å². The molecule has 1 aliphatic rings. The summed E-state index contributed by atoms with van der Waals surface area (Å²) in [7, 11) is 1.57. The quantitative estimate of drug-likeness (QED) is 0.398. The topological polar surface area (TPSA) is 82.9 Å². The molecule has 8 nitrogen and oxygen atoms in total. The highest BCUT2D eigenvalue weighted by Gasteiger charge is 2.48. The van der Waals surface area contributed by atoms with Crippen LogP contribution in [0, 0.1) is 5.92 Å². The number of anilines is 1. The molecule has 32 heavy (non-hydrogen) atoms. The lowest BCUT2D eigenvalue weighted by Gasteiger charge is -2.38. The van der Waals surface area contributed by atoms with Crippen LogP contribution >= 0.6 is 0 Å². The van der Waals surface area contributed by atoms with Crippen molar-refractivity contribution < 1.29 is 23.8 Å². The minimum atomic E-state index is -1.08. The molecule has 0 N–H and O–H groups in total. The van der Waals surface area contributed by atoms with Gasteiger partial charge in [-0.3, -0.25) is 14.5 Å². The minimum Gasteiger partial charge on any atom is -0.494 e. The molecule has 0 fully saturated rings. The molecule has 1 aromatic heterocycles. The molecule has 0 saturated carbocycles. The largest absolute Gasteiger partial charge is 0.494 e. The van der Waals surface area contributed by atoms with E-state index in [2.05, 4.69) is 0 Å². The van der Waals surface area contributed by atoms with Gasteiger partial charge in [0.25, 0.3) is 0 Å². The molecule has 8 heteroatoms. The van der Waals surface area contributed by atoms with Crippen LogP contribution in [0.25, 0.3) is 11.0 Å². The third kappa shape index (κ3) is 3.71. The molecule has 3 aromatic rings. The van der Waals surface area contributed by atoms with E-state index in [4.69, 9.17) is 19.2 Å². The first kappa shape index (κ1) is 21.8. The molecule has 2 heterocycles. The van der Waals surface area contributed by atoms with Gasteiger partial charge in [-0.05, 0) is 32.0 Å². The third-order valence-corrected chi connectivity index (χ3v) is 5.54. The molecule has 0 spiro atoms. The number of para-hydroxylation sites is 3. The summed E-state index contributed by atoms with van der Waals surface area (Å²) >= 11 is 0. The lowest BCUT2D eigenvalue weighted by molar-refractivity contribution is -0.153. The number of amides is 1. The maximum absolute atomic E-state index is 13.7. The summed E-state index contributed by atoms with van der Waals surface area (Å²) in [5, 5.41) is 0. The van der Waals surface area contributed by atoms with E-state index < -0.39 is 17.9 Å². The number of aromatic nitrogens is 2. The van der Waals surface area contributed by atoms with E-state index in [-0.39, 0.29) is 19.1 Å². The highest BCUT2D eigenvalue weighted by atomic mass is 16.5. The average molecular weight is 437 g/mol. The van der Waals surface area contributed by atoms with Crippen molar-refractivity contribution in [3.8, 4) is 5.75 Å². The number of ether oxygens (including phenoxy) is 3. The van der Waals surface area contributed by atoms with Gasteiger partial charge in [0.1, 0.15) is 5.75 Å². The minimum absolute atomic E-state index is 0.179. The number of benzene rings is 2. The van der Waals surface area contributed by atoms with Crippen LogP contribution < -0.4 is 9.64 Å². The van der Waals surface area contributed by atoms with E-state index in [9.17, 15) is 9.59 Å². The molecular weight excluding hydrogens is 410 g/mol. The van der Waals surface area contributed by atoms with Crippen LogP contribution in [0.3, 0.4) is 0 Å². The fraction of sp³-hybridized carbons (Fsp3) is 0.375. The van der Waals surface area contributed by atoms with Gasteiger partial charge in [-0.2, -0.15) is 0 Å². The predicted molar refractivity (Wildman–Crippen MR) is 120 cm³/mol. The van der Waals surface area contributed by atoms with Crippen molar-refractivity contribution in [2.75, 3.05) is 38.4 Å². The zero-order valence-electron chi connectivity index (χ0n) is 18.5. The van der Waals surface area contributed by atoms with E-state index in [1.165, 1.54) is 4.90 Å². The average Bonchev–Trinajstić information content (AvgIpc) is 3.18. The SMILES string of the molecule is CCOC(=O)[C@H]1C(=O)N(CCOC)c2nc3ccccc3n2[C@H]1c1ccccc1OCC. The lowest BCUT2D eigenvalue weighted by atomic mass is 9.89. The standard InChI is InChI=1S/C24H27N3O5/c1-4-31-19-13-9-6-10-16(19)21-20(23(29)32-5-2)22(28)26(14-15-30-3)24-25-17-11-7-8-12-18(17)27(21)24/h6-13,20-21H,4-5,14-15H2,1-3H3/t20-,21+/m1/s1. The Morgan fingerprint density at radius 2 is 1.81 bits per heavy atom. The number of esters is 1. The summed E-state index contributed by atoms with van der Waals surface area (Å²) in [6.45, 7) is 4.85. The van der Waals surface area contributed by atoms with Crippen molar-refractivity contribution in [1.29, 1.82) is 0 Å². The Morgan fingerprint density at radius 3 is 2.56 bits per heavy atom. The number of carbonyl (C=O) groups is 2. The summed E-state index contributed by atoms with van der Waals surface area (Å²) in [4.78, 5) is 33.2. The Kier molecular flexibility index (Phi) is 6.41. The summed E-state index contributed by atoms with van der Waals surface area (Å²) in [6.07, 6.45) is 0. The van der Waals surface area contributed by atoms with Crippen LogP contribution in [0.4, 0.5) is 5.95 Å². The summed E-state index contributed by atoms with van der Waals surface area (Å²) in [5.74, 6) is -0.918. The molecule has 4 rings (SSSR count). The number of hydrogen-bond donors (Lipinski definition) is 0. The maximum Gasteiger partial charge on any atom is 0.321 e. The van der Waals surface area contributed by atoms with E-state index in [1.807, 2.05) is 60.0 Å². The number of carbonyl (C=O) groups excluding carboxylic acids is 2. The number of rotatable bonds is 8. The van der Waals surface area contributed by atoms with Gasteiger partial charge in [0, 0.05) is 12.7 Å². The van der Waals surface area contributed by atoms with Crippen LogP contribution in [0.15, 0.2) is 48.5 Å². The number of methoxy groups -OCH3 is 1. The number of imidazole rings is 1. The van der Waals surface area contributed by atoms with Crippen LogP contribution in [-0.2, 0) is 19.1 Å². The van der Waals surface area contributed by atoms with Gasteiger partial charge in [0.15, 0.2) is 5.92 Å². The van der Waals surface area contributed by atoms with Crippen molar-refractivity contribution in [3.63, 3.8) is 0 Å². The van der Waals surface area contributed by atoms with Crippen molar-refractivity contribution in [1.82, 2.24) is 9.55 Å². The fourth-order valence-electron chi connectivity index (χ4n) is 4.23. The highest BCUT2D eigenvalue weighted by molar-refractivity contribution is 6.08. The van der Waals surface area contributed by atoms with E-state index >= 15 is 0 Å². The van der Waals surface area contributed by atoms with Gasteiger partial charge in [0.2, 0.25) is 11.9 Å². The van der Waals surface area contributed by atoms with E-state index in [1.54, 1.807) is 14.0 Å². The predicted octanol–water partition coefficient (Wildman–Crippen LogP) is 3.20. The third-order valence-electron chi connectivity index (χ3n) is 5.54. The second-order valence-corrected chi connectivity index (χ2v) is 7.40. The number of hydrogen-bond acceptors (Lipinski definition) is 6. The first-order chi connectivity index (χ1) is 15.6. The maximum atomic E-state index is 13.7. The van der Waals surface area contributed by atoms with Crippen molar-refractivity contribution in [3.05, 3.63) is 54.1 Å². The molecule has 1 aliphatic heterocycles. The Balaban J connectivity index is 2.00. The summed E-state index contributed by atoms with van der Waals surface area (Å²) < 4.78 is 18.4. The molecular formula is C24H27N3O5. The Morgan fingerprint density at radius 1 is 1.06 bits per heavy atom. The molecule has 168 valence electrons. The molecule has 0 bridgehead atoms. The lowest BCUT2D eigenvalue weighted by Crippen LogP contribution is -2.51. The van der Waals surface area contributed by atoms with Crippen LogP contribution in [0.1, 0.15) is 25.5 Å². The van der Waals surface area contributed by atoms with Crippen molar-refractivity contribution >= 4 is 28.9 Å². The monoisotopic (exact) mass is 437 g/mol. The Bertz CT molecular complexity index is 1130. The zero-order valence-corrected chi connectivity index (χ0v) is 18.5. The van der Waals surface area contributed by atoms with Gasteiger partial charge < -0.3 is 18.8 Å². The van der Waals surface area contributed by atoms with Gasteiger partial charge in [0.05, 0.1) is 43.4 Å². The number of fused-ring (bicyclic) bond motifs is 3. The first-order valence-corrected chi connectivity index (χ1v) is 10.8. The molecule has 0 unspecified atom stereocenters. The van der Waals surface area contributed by atoms with Crippen LogP contribution in [0.5, 0.6) is 5.75 Å². The van der Waals surface area contributed by atoms with E-state index in [0.717, 1.165) is 16.6 Å². The highest BCUT2D eigenvalue weighted by Crippen LogP contribution is 2.43. The van der Waals surface area contributed by atoms with Crippen molar-refractivity contribution in [2.24, 2.45) is 5.92 Å².